The summed E-state index contributed by atoms with van der Waals surface area (Å²) in [4.78, 5) is 15.9. The molecule has 0 atom stereocenters. The van der Waals surface area contributed by atoms with Gasteiger partial charge in [0.1, 0.15) is 5.82 Å². The Hall–Kier alpha value is -2.44. The van der Waals surface area contributed by atoms with Crippen LogP contribution in [-0.4, -0.2) is 25.9 Å². The van der Waals surface area contributed by atoms with Crippen molar-refractivity contribution in [2.45, 2.75) is 26.3 Å². The molecule has 0 unspecified atom stereocenters. The molecule has 0 aromatic carbocycles. The number of nitrogens with one attached hydrogen (secondary N) is 2. The van der Waals surface area contributed by atoms with E-state index in [9.17, 15) is 4.79 Å². The molecule has 2 aromatic heterocycles. The average Bonchev–Trinajstić information content (AvgIpc) is 2.87. The summed E-state index contributed by atoms with van der Waals surface area (Å²) < 4.78 is 1.64. The van der Waals surface area contributed by atoms with Gasteiger partial charge in [-0.3, -0.25) is 15.6 Å². The van der Waals surface area contributed by atoms with Crippen LogP contribution in [0.3, 0.4) is 0 Å². The molecule has 0 radical (unpaired) electrons. The standard InChI is InChI=1S/C12H16N6O/c1-12(2,3)18-8-9(14-17-18)11(19)16-15-10-6-4-5-7-13-10/h4-8H,1-3H3,(H,13,15)(H,16,19). The maximum absolute atomic E-state index is 11.8. The summed E-state index contributed by atoms with van der Waals surface area (Å²) in [7, 11) is 0. The second kappa shape index (κ2) is 5.05. The summed E-state index contributed by atoms with van der Waals surface area (Å²) in [6.07, 6.45) is 3.24. The molecule has 2 heterocycles. The summed E-state index contributed by atoms with van der Waals surface area (Å²) in [6, 6.07) is 5.35. The van der Waals surface area contributed by atoms with Gasteiger partial charge in [-0.1, -0.05) is 11.3 Å². The van der Waals surface area contributed by atoms with Gasteiger partial charge in [0.25, 0.3) is 5.91 Å². The summed E-state index contributed by atoms with van der Waals surface area (Å²) in [5.41, 5.74) is 5.26. The van der Waals surface area contributed by atoms with E-state index in [4.69, 9.17) is 0 Å². The molecule has 19 heavy (non-hydrogen) atoms. The van der Waals surface area contributed by atoms with Crippen molar-refractivity contribution in [3.8, 4) is 0 Å². The van der Waals surface area contributed by atoms with Crippen molar-refractivity contribution in [3.05, 3.63) is 36.3 Å². The molecular formula is C12H16N6O. The lowest BCUT2D eigenvalue weighted by Crippen LogP contribution is -2.30. The Morgan fingerprint density at radius 2 is 2.11 bits per heavy atom. The van der Waals surface area contributed by atoms with E-state index in [0.717, 1.165) is 0 Å². The first-order chi connectivity index (χ1) is 8.97. The summed E-state index contributed by atoms with van der Waals surface area (Å²) >= 11 is 0. The van der Waals surface area contributed by atoms with Crippen LogP contribution in [0, 0.1) is 0 Å². The van der Waals surface area contributed by atoms with Gasteiger partial charge in [0.15, 0.2) is 5.69 Å². The summed E-state index contributed by atoms with van der Waals surface area (Å²) in [5.74, 6) is 0.195. The summed E-state index contributed by atoms with van der Waals surface area (Å²) in [6.45, 7) is 5.94. The molecule has 1 amide bonds. The van der Waals surface area contributed by atoms with E-state index in [1.807, 2.05) is 26.8 Å². The van der Waals surface area contributed by atoms with Gasteiger partial charge >= 0.3 is 0 Å². The van der Waals surface area contributed by atoms with Crippen LogP contribution in [0.2, 0.25) is 0 Å². The highest BCUT2D eigenvalue weighted by Crippen LogP contribution is 2.11. The highest BCUT2D eigenvalue weighted by molar-refractivity contribution is 5.92. The largest absolute Gasteiger partial charge is 0.291 e. The molecule has 7 nitrogen and oxygen atoms in total. The Morgan fingerprint density at radius 1 is 1.32 bits per heavy atom. The van der Waals surface area contributed by atoms with Gasteiger partial charge in [0.05, 0.1) is 11.7 Å². The molecule has 0 fully saturated rings. The number of pyridine rings is 1. The van der Waals surface area contributed by atoms with Crippen LogP contribution in [0.4, 0.5) is 5.82 Å². The van der Waals surface area contributed by atoms with E-state index in [0.29, 0.717) is 5.82 Å². The van der Waals surface area contributed by atoms with Gasteiger partial charge < -0.3 is 0 Å². The zero-order valence-electron chi connectivity index (χ0n) is 11.1. The Balaban J connectivity index is 1.99. The summed E-state index contributed by atoms with van der Waals surface area (Å²) in [5, 5.41) is 7.76. The number of hydrogen-bond donors (Lipinski definition) is 2. The fourth-order valence-electron chi connectivity index (χ4n) is 1.32. The lowest BCUT2D eigenvalue weighted by Gasteiger charge is -2.17. The van der Waals surface area contributed by atoms with Crippen molar-refractivity contribution >= 4 is 11.7 Å². The molecule has 0 bridgehead atoms. The Morgan fingerprint density at radius 3 is 2.68 bits per heavy atom. The van der Waals surface area contributed by atoms with E-state index in [1.54, 1.807) is 29.2 Å². The molecule has 7 heteroatoms. The van der Waals surface area contributed by atoms with Crippen LogP contribution >= 0.6 is 0 Å². The van der Waals surface area contributed by atoms with Crippen LogP contribution in [0.25, 0.3) is 0 Å². The van der Waals surface area contributed by atoms with Gasteiger partial charge in [0.2, 0.25) is 0 Å². The van der Waals surface area contributed by atoms with E-state index in [2.05, 4.69) is 26.1 Å². The Bertz CT molecular complexity index is 557. The van der Waals surface area contributed by atoms with E-state index in [-0.39, 0.29) is 17.1 Å². The highest BCUT2D eigenvalue weighted by atomic mass is 16.2. The number of hydrogen-bond acceptors (Lipinski definition) is 5. The van der Waals surface area contributed by atoms with Gasteiger partial charge in [-0.25, -0.2) is 9.67 Å². The van der Waals surface area contributed by atoms with Crippen molar-refractivity contribution in [1.82, 2.24) is 25.4 Å². The number of rotatable bonds is 3. The van der Waals surface area contributed by atoms with E-state index in [1.165, 1.54) is 0 Å². The second-order valence-electron chi connectivity index (χ2n) is 5.01. The smallest absolute Gasteiger partial charge is 0.282 e. The van der Waals surface area contributed by atoms with Gasteiger partial charge in [-0.15, -0.1) is 5.10 Å². The van der Waals surface area contributed by atoms with Gasteiger partial charge in [-0.05, 0) is 32.9 Å². The first-order valence-electron chi connectivity index (χ1n) is 5.87. The van der Waals surface area contributed by atoms with Crippen LogP contribution in [0.1, 0.15) is 31.3 Å². The van der Waals surface area contributed by atoms with Crippen LogP contribution in [0.15, 0.2) is 30.6 Å². The minimum atomic E-state index is -0.360. The molecule has 0 saturated carbocycles. The SMILES string of the molecule is CC(C)(C)n1cc(C(=O)NNc2ccccn2)nn1. The van der Waals surface area contributed by atoms with Crippen LogP contribution < -0.4 is 10.9 Å². The number of carbonyl (C=O) groups excluding carboxylic acids is 1. The lowest BCUT2D eigenvalue weighted by atomic mass is 10.1. The molecule has 0 aliphatic carbocycles. The van der Waals surface area contributed by atoms with Crippen molar-refractivity contribution in [3.63, 3.8) is 0 Å². The maximum atomic E-state index is 11.8. The van der Waals surface area contributed by atoms with Crippen molar-refractivity contribution < 1.29 is 4.79 Å². The lowest BCUT2D eigenvalue weighted by molar-refractivity contribution is 0.0957. The third-order valence-electron chi connectivity index (χ3n) is 2.38. The molecule has 0 saturated heterocycles. The predicted octanol–water partition coefficient (Wildman–Crippen LogP) is 1.18. The fourth-order valence-corrected chi connectivity index (χ4v) is 1.32. The van der Waals surface area contributed by atoms with Crippen LogP contribution in [0.5, 0.6) is 0 Å². The Labute approximate surface area is 111 Å². The first kappa shape index (κ1) is 13.0. The molecular weight excluding hydrogens is 244 g/mol. The van der Waals surface area contributed by atoms with Crippen molar-refractivity contribution in [2.75, 3.05) is 5.43 Å². The molecule has 100 valence electrons. The zero-order chi connectivity index (χ0) is 13.9. The van der Waals surface area contributed by atoms with Gasteiger partial charge in [0, 0.05) is 6.20 Å². The topological polar surface area (TPSA) is 84.7 Å². The molecule has 2 N–H and O–H groups in total. The van der Waals surface area contributed by atoms with E-state index >= 15 is 0 Å². The zero-order valence-corrected chi connectivity index (χ0v) is 11.1. The molecule has 0 aliphatic heterocycles. The molecule has 0 spiro atoms. The fraction of sp³-hybridized carbons (Fsp3) is 0.333. The third-order valence-corrected chi connectivity index (χ3v) is 2.38. The minimum absolute atomic E-state index is 0.208. The van der Waals surface area contributed by atoms with Gasteiger partial charge in [-0.2, -0.15) is 0 Å². The average molecular weight is 260 g/mol. The maximum Gasteiger partial charge on any atom is 0.291 e. The number of anilines is 1. The molecule has 2 rings (SSSR count). The quantitative estimate of drug-likeness (QED) is 0.810. The number of carbonyl (C=O) groups is 1. The monoisotopic (exact) mass is 260 g/mol. The first-order valence-corrected chi connectivity index (χ1v) is 5.87. The normalized spacial score (nSPS) is 11.1. The molecule has 0 aliphatic rings. The highest BCUT2D eigenvalue weighted by Gasteiger charge is 2.18. The third kappa shape index (κ3) is 3.27. The number of hydrazine groups is 1. The van der Waals surface area contributed by atoms with Crippen molar-refractivity contribution in [2.24, 2.45) is 0 Å². The predicted molar refractivity (Wildman–Crippen MR) is 70.3 cm³/mol. The number of nitrogens with zero attached hydrogens (tertiary/aromatic N) is 4. The number of amides is 1. The second-order valence-corrected chi connectivity index (χ2v) is 5.01. The minimum Gasteiger partial charge on any atom is -0.282 e. The van der Waals surface area contributed by atoms with Crippen molar-refractivity contribution in [1.29, 1.82) is 0 Å². The molecule has 2 aromatic rings. The Kier molecular flexibility index (Phi) is 3.46. The van der Waals surface area contributed by atoms with E-state index < -0.39 is 0 Å². The number of aromatic nitrogens is 4. The van der Waals surface area contributed by atoms with Crippen LogP contribution in [-0.2, 0) is 5.54 Å².